The van der Waals surface area contributed by atoms with Gasteiger partial charge in [-0.1, -0.05) is 13.8 Å². The quantitative estimate of drug-likeness (QED) is 0.762. The number of ether oxygens (including phenoxy) is 1. The Hall–Kier alpha value is -2.63. The fraction of sp³-hybridized carbons (Fsp3) is 0.353. The predicted molar refractivity (Wildman–Crippen MR) is 91.0 cm³/mol. The number of rotatable bonds is 7. The second-order valence-corrected chi connectivity index (χ2v) is 5.46. The fourth-order valence-electron chi connectivity index (χ4n) is 1.86. The Morgan fingerprint density at radius 2 is 1.96 bits per heavy atom. The van der Waals surface area contributed by atoms with Crippen LogP contribution < -0.4 is 10.6 Å². The molecule has 0 spiro atoms. The number of nitrogens with one attached hydrogen (secondary N) is 2. The molecule has 2 N–H and O–H groups in total. The molecule has 0 atom stereocenters. The van der Waals surface area contributed by atoms with E-state index in [9.17, 15) is 4.79 Å². The van der Waals surface area contributed by atoms with Crippen molar-refractivity contribution < 1.29 is 9.53 Å². The highest BCUT2D eigenvalue weighted by Crippen LogP contribution is 2.16. The number of hydrogen-bond acceptors (Lipinski definition) is 6. The van der Waals surface area contributed by atoms with E-state index in [-0.39, 0.29) is 5.97 Å². The lowest BCUT2D eigenvalue weighted by atomic mass is 10.2. The molecule has 122 valence electrons. The van der Waals surface area contributed by atoms with Crippen molar-refractivity contribution in [2.75, 3.05) is 23.8 Å². The predicted octanol–water partition coefficient (Wildman–Crippen LogP) is 3.46. The van der Waals surface area contributed by atoms with E-state index in [0.29, 0.717) is 29.9 Å². The highest BCUT2D eigenvalue weighted by atomic mass is 16.5. The van der Waals surface area contributed by atoms with Crippen LogP contribution in [0, 0.1) is 5.92 Å². The Morgan fingerprint density at radius 1 is 1.22 bits per heavy atom. The lowest BCUT2D eigenvalue weighted by molar-refractivity contribution is 0.0526. The number of hydrogen-bond donors (Lipinski definition) is 2. The van der Waals surface area contributed by atoms with Crippen molar-refractivity contribution in [1.29, 1.82) is 0 Å². The standard InChI is InChI=1S/C17H22N4O2/c1-4-23-16(22)13-5-7-14(8-6-13)20-15-9-10-18-17(21-15)19-11-12(2)3/h5-10,12H,4,11H2,1-3H3,(H2,18,19,20,21). The summed E-state index contributed by atoms with van der Waals surface area (Å²) in [5.41, 5.74) is 1.37. The number of nitrogens with zero attached hydrogens (tertiary/aromatic N) is 2. The summed E-state index contributed by atoms with van der Waals surface area (Å²) in [6.07, 6.45) is 1.70. The van der Waals surface area contributed by atoms with Crippen molar-refractivity contribution in [3.63, 3.8) is 0 Å². The molecule has 0 saturated heterocycles. The largest absolute Gasteiger partial charge is 0.462 e. The molecule has 0 bridgehead atoms. The van der Waals surface area contributed by atoms with Gasteiger partial charge in [-0.15, -0.1) is 0 Å². The lowest BCUT2D eigenvalue weighted by Gasteiger charge is -2.10. The molecule has 0 fully saturated rings. The minimum Gasteiger partial charge on any atom is -0.462 e. The summed E-state index contributed by atoms with van der Waals surface area (Å²) in [6.45, 7) is 7.22. The highest BCUT2D eigenvalue weighted by Gasteiger charge is 2.06. The Morgan fingerprint density at radius 3 is 2.61 bits per heavy atom. The van der Waals surface area contributed by atoms with Gasteiger partial charge in [0.25, 0.3) is 0 Å². The molecule has 0 aliphatic carbocycles. The van der Waals surface area contributed by atoms with Crippen molar-refractivity contribution in [2.24, 2.45) is 5.92 Å². The molecule has 1 aromatic heterocycles. The van der Waals surface area contributed by atoms with Gasteiger partial charge in [0.15, 0.2) is 0 Å². The van der Waals surface area contributed by atoms with E-state index in [1.807, 2.05) is 12.1 Å². The van der Waals surface area contributed by atoms with Gasteiger partial charge >= 0.3 is 5.97 Å². The summed E-state index contributed by atoms with van der Waals surface area (Å²) < 4.78 is 4.96. The van der Waals surface area contributed by atoms with Gasteiger partial charge in [-0.25, -0.2) is 9.78 Å². The molecular weight excluding hydrogens is 292 g/mol. The van der Waals surface area contributed by atoms with Gasteiger partial charge in [0.05, 0.1) is 12.2 Å². The molecule has 1 heterocycles. The molecule has 2 rings (SSSR count). The van der Waals surface area contributed by atoms with Crippen LogP contribution in [-0.4, -0.2) is 29.1 Å². The third-order valence-corrected chi connectivity index (χ3v) is 2.99. The maximum Gasteiger partial charge on any atom is 0.338 e. The van der Waals surface area contributed by atoms with Gasteiger partial charge < -0.3 is 15.4 Å². The van der Waals surface area contributed by atoms with Gasteiger partial charge in [-0.3, -0.25) is 0 Å². The van der Waals surface area contributed by atoms with Crippen LogP contribution in [0.5, 0.6) is 0 Å². The van der Waals surface area contributed by atoms with E-state index in [1.54, 1.807) is 31.3 Å². The van der Waals surface area contributed by atoms with E-state index in [4.69, 9.17) is 4.74 Å². The monoisotopic (exact) mass is 314 g/mol. The van der Waals surface area contributed by atoms with Gasteiger partial charge in [0, 0.05) is 18.4 Å². The van der Waals surface area contributed by atoms with E-state index in [2.05, 4.69) is 34.4 Å². The maximum atomic E-state index is 11.6. The summed E-state index contributed by atoms with van der Waals surface area (Å²) in [5, 5.41) is 6.37. The molecule has 0 amide bonds. The first-order valence-corrected chi connectivity index (χ1v) is 7.69. The van der Waals surface area contributed by atoms with Crippen molar-refractivity contribution >= 4 is 23.4 Å². The van der Waals surface area contributed by atoms with E-state index >= 15 is 0 Å². The third kappa shape index (κ3) is 5.25. The van der Waals surface area contributed by atoms with E-state index in [0.717, 1.165) is 12.2 Å². The highest BCUT2D eigenvalue weighted by molar-refractivity contribution is 5.89. The number of aromatic nitrogens is 2. The molecule has 0 aliphatic rings. The number of anilines is 3. The number of carbonyl (C=O) groups excluding carboxylic acids is 1. The van der Waals surface area contributed by atoms with Crippen molar-refractivity contribution in [1.82, 2.24) is 9.97 Å². The minimum absolute atomic E-state index is 0.318. The first-order chi connectivity index (χ1) is 11.1. The Kier molecular flexibility index (Phi) is 5.91. The second-order valence-electron chi connectivity index (χ2n) is 5.46. The SMILES string of the molecule is CCOC(=O)c1ccc(Nc2ccnc(NCC(C)C)n2)cc1. The molecule has 0 aliphatic heterocycles. The minimum atomic E-state index is -0.318. The van der Waals surface area contributed by atoms with Crippen LogP contribution in [0.3, 0.4) is 0 Å². The lowest BCUT2D eigenvalue weighted by Crippen LogP contribution is -2.11. The Labute approximate surface area is 136 Å². The van der Waals surface area contributed by atoms with Gasteiger partial charge in [-0.2, -0.15) is 4.98 Å². The Balaban J connectivity index is 2.01. The van der Waals surface area contributed by atoms with Crippen LogP contribution >= 0.6 is 0 Å². The Bertz CT molecular complexity index is 641. The topological polar surface area (TPSA) is 76.1 Å². The average molecular weight is 314 g/mol. The molecule has 0 saturated carbocycles. The zero-order valence-electron chi connectivity index (χ0n) is 13.7. The number of benzene rings is 1. The summed E-state index contributed by atoms with van der Waals surface area (Å²) >= 11 is 0. The van der Waals surface area contributed by atoms with E-state index < -0.39 is 0 Å². The van der Waals surface area contributed by atoms with Crippen LogP contribution in [0.25, 0.3) is 0 Å². The molecule has 23 heavy (non-hydrogen) atoms. The van der Waals surface area contributed by atoms with Crippen LogP contribution in [-0.2, 0) is 4.74 Å². The van der Waals surface area contributed by atoms with Gasteiger partial charge in [-0.05, 0) is 43.2 Å². The van der Waals surface area contributed by atoms with Crippen molar-refractivity contribution in [2.45, 2.75) is 20.8 Å². The zero-order chi connectivity index (χ0) is 16.7. The van der Waals surface area contributed by atoms with Crippen LogP contribution in [0.1, 0.15) is 31.1 Å². The zero-order valence-corrected chi connectivity index (χ0v) is 13.7. The molecule has 0 radical (unpaired) electrons. The third-order valence-electron chi connectivity index (χ3n) is 2.99. The fourth-order valence-corrected chi connectivity index (χ4v) is 1.86. The van der Waals surface area contributed by atoms with Crippen LogP contribution in [0.15, 0.2) is 36.5 Å². The van der Waals surface area contributed by atoms with Crippen LogP contribution in [0.2, 0.25) is 0 Å². The molecule has 6 nitrogen and oxygen atoms in total. The average Bonchev–Trinajstić information content (AvgIpc) is 2.54. The summed E-state index contributed by atoms with van der Waals surface area (Å²) in [5.74, 6) is 1.48. The molecule has 0 unspecified atom stereocenters. The number of carbonyl (C=O) groups is 1. The molecule has 6 heteroatoms. The normalized spacial score (nSPS) is 10.4. The van der Waals surface area contributed by atoms with Crippen molar-refractivity contribution in [3.05, 3.63) is 42.1 Å². The van der Waals surface area contributed by atoms with Gasteiger partial charge in [0.2, 0.25) is 5.95 Å². The summed E-state index contributed by atoms with van der Waals surface area (Å²) in [7, 11) is 0. The van der Waals surface area contributed by atoms with Crippen molar-refractivity contribution in [3.8, 4) is 0 Å². The number of esters is 1. The maximum absolute atomic E-state index is 11.6. The van der Waals surface area contributed by atoms with E-state index in [1.165, 1.54) is 0 Å². The summed E-state index contributed by atoms with van der Waals surface area (Å²) in [4.78, 5) is 20.2. The first kappa shape index (κ1) is 16.7. The molecule has 2 aromatic rings. The van der Waals surface area contributed by atoms with Crippen LogP contribution in [0.4, 0.5) is 17.5 Å². The smallest absolute Gasteiger partial charge is 0.338 e. The summed E-state index contributed by atoms with van der Waals surface area (Å²) in [6, 6.07) is 8.86. The first-order valence-electron chi connectivity index (χ1n) is 7.69. The molecule has 1 aromatic carbocycles. The second kappa shape index (κ2) is 8.12. The molecular formula is C17H22N4O2. The van der Waals surface area contributed by atoms with Gasteiger partial charge in [0.1, 0.15) is 5.82 Å².